The molecule has 1 saturated heterocycles. The molecule has 3 aromatic carbocycles. The summed E-state index contributed by atoms with van der Waals surface area (Å²) < 4.78 is 34.9. The van der Waals surface area contributed by atoms with Gasteiger partial charge in [-0.15, -0.1) is 0 Å². The lowest BCUT2D eigenvalue weighted by Gasteiger charge is -2.26. The molecule has 0 spiro atoms. The minimum atomic E-state index is -4.38. The molecule has 1 aliphatic heterocycles. The van der Waals surface area contributed by atoms with Crippen molar-refractivity contribution in [2.75, 3.05) is 15.4 Å². The first-order chi connectivity index (χ1) is 18.1. The second-order valence-corrected chi connectivity index (χ2v) is 11.3. The maximum Gasteiger partial charge on any atom is 0.267 e. The van der Waals surface area contributed by atoms with Crippen molar-refractivity contribution in [1.29, 1.82) is 0 Å². The Bertz CT molecular complexity index is 1690. The van der Waals surface area contributed by atoms with E-state index in [-0.39, 0.29) is 46.0 Å². The smallest absolute Gasteiger partial charge is 0.267 e. The quantitative estimate of drug-likeness (QED) is 0.151. The summed E-state index contributed by atoms with van der Waals surface area (Å²) in [7, 11) is -4.38. The van der Waals surface area contributed by atoms with E-state index in [9.17, 15) is 23.1 Å². The molecule has 0 saturated carbocycles. The Kier molecular flexibility index (Phi) is 6.80. The molecule has 1 aromatic heterocycles. The predicted molar refractivity (Wildman–Crippen MR) is 146 cm³/mol. The van der Waals surface area contributed by atoms with Crippen molar-refractivity contribution in [2.45, 2.75) is 56.3 Å². The van der Waals surface area contributed by atoms with Gasteiger partial charge in [0.15, 0.2) is 5.75 Å². The summed E-state index contributed by atoms with van der Waals surface area (Å²) in [6, 6.07) is 7.31. The number of halogens is 1. The van der Waals surface area contributed by atoms with Crippen LogP contribution in [0.3, 0.4) is 0 Å². The Morgan fingerprint density at radius 2 is 1.92 bits per heavy atom. The van der Waals surface area contributed by atoms with E-state index < -0.39 is 31.5 Å². The lowest BCUT2D eigenvalue weighted by molar-refractivity contribution is 0.0438. The number of H-pyrrole nitrogens is 1. The summed E-state index contributed by atoms with van der Waals surface area (Å²) >= 11 is 6.20. The summed E-state index contributed by atoms with van der Waals surface area (Å²) in [5.74, 6) is -0.705. The largest absolute Gasteiger partial charge is 0.504 e. The highest BCUT2D eigenvalue weighted by molar-refractivity contribution is 7.93. The SMILES string of the molecule is CC[C@@H](Nc1c(Nc2ccc(Cl)c(S(=O)(=O)Nc3cccc4[nH]ncc34)c2O)c(=O)c1=O)[C@H]1CC[C@@H](C)O1. The van der Waals surface area contributed by atoms with E-state index in [4.69, 9.17) is 16.3 Å². The first kappa shape index (κ1) is 26.0. The van der Waals surface area contributed by atoms with E-state index in [0.717, 1.165) is 12.8 Å². The van der Waals surface area contributed by atoms with E-state index in [1.54, 1.807) is 18.2 Å². The normalized spacial score (nSPS) is 18.6. The fourth-order valence-corrected chi connectivity index (χ4v) is 6.43. The monoisotopic (exact) mass is 559 g/mol. The van der Waals surface area contributed by atoms with E-state index in [2.05, 4.69) is 25.6 Å². The molecule has 0 bridgehead atoms. The summed E-state index contributed by atoms with van der Waals surface area (Å²) in [5, 5.41) is 23.7. The molecule has 1 aliphatic rings. The Hall–Kier alpha value is -3.61. The van der Waals surface area contributed by atoms with Crippen molar-refractivity contribution in [3.63, 3.8) is 0 Å². The highest BCUT2D eigenvalue weighted by atomic mass is 35.5. The van der Waals surface area contributed by atoms with Crippen LogP contribution in [0.15, 0.2) is 51.0 Å². The van der Waals surface area contributed by atoms with Crippen molar-refractivity contribution in [3.8, 4) is 5.75 Å². The maximum atomic E-state index is 13.3. The molecule has 0 unspecified atom stereocenters. The number of aromatic nitrogens is 2. The van der Waals surface area contributed by atoms with Gasteiger partial charge in [-0.3, -0.25) is 19.4 Å². The summed E-state index contributed by atoms with van der Waals surface area (Å²) in [4.78, 5) is 24.2. The number of phenolic OH excluding ortho intramolecular Hbond substituents is 1. The first-order valence-electron chi connectivity index (χ1n) is 12.1. The van der Waals surface area contributed by atoms with E-state index in [1.807, 2.05) is 13.8 Å². The molecule has 3 atom stereocenters. The highest BCUT2D eigenvalue weighted by Gasteiger charge is 2.32. The van der Waals surface area contributed by atoms with Crippen LogP contribution in [-0.4, -0.2) is 42.0 Å². The minimum Gasteiger partial charge on any atom is -0.504 e. The van der Waals surface area contributed by atoms with Crippen LogP contribution >= 0.6 is 11.6 Å². The minimum absolute atomic E-state index is 0.0634. The van der Waals surface area contributed by atoms with Crippen molar-refractivity contribution in [2.24, 2.45) is 0 Å². The molecule has 4 aromatic rings. The van der Waals surface area contributed by atoms with Gasteiger partial charge in [0.1, 0.15) is 16.3 Å². The van der Waals surface area contributed by atoms with Gasteiger partial charge in [-0.2, -0.15) is 5.10 Å². The van der Waals surface area contributed by atoms with E-state index in [0.29, 0.717) is 17.3 Å². The van der Waals surface area contributed by atoms with Crippen LogP contribution in [-0.2, 0) is 14.8 Å². The van der Waals surface area contributed by atoms with Crippen molar-refractivity contribution < 1.29 is 18.3 Å². The second-order valence-electron chi connectivity index (χ2n) is 9.27. The van der Waals surface area contributed by atoms with Gasteiger partial charge in [0, 0.05) is 5.39 Å². The van der Waals surface area contributed by atoms with Gasteiger partial charge < -0.3 is 20.5 Å². The van der Waals surface area contributed by atoms with Crippen LogP contribution in [0.2, 0.25) is 5.02 Å². The summed E-state index contributed by atoms with van der Waals surface area (Å²) in [5.41, 5.74) is -0.762. The average Bonchev–Trinajstić information content (AvgIpc) is 3.54. The van der Waals surface area contributed by atoms with Gasteiger partial charge in [-0.1, -0.05) is 24.6 Å². The zero-order valence-corrected chi connectivity index (χ0v) is 22.1. The zero-order valence-electron chi connectivity index (χ0n) is 20.5. The number of aromatic hydroxyl groups is 1. The average molecular weight is 560 g/mol. The number of benzene rings is 2. The fraction of sp³-hybridized carbons (Fsp3) is 0.320. The van der Waals surface area contributed by atoms with Gasteiger partial charge in [-0.25, -0.2) is 8.42 Å². The Morgan fingerprint density at radius 3 is 2.63 bits per heavy atom. The molecule has 38 heavy (non-hydrogen) atoms. The third-order valence-corrected chi connectivity index (χ3v) is 8.60. The summed E-state index contributed by atoms with van der Waals surface area (Å²) in [6.45, 7) is 3.93. The van der Waals surface area contributed by atoms with Gasteiger partial charge in [0.05, 0.1) is 46.4 Å². The number of anilines is 4. The van der Waals surface area contributed by atoms with Gasteiger partial charge in [-0.05, 0) is 50.5 Å². The molecular weight excluding hydrogens is 534 g/mol. The van der Waals surface area contributed by atoms with Crippen molar-refractivity contribution >= 4 is 55.3 Å². The van der Waals surface area contributed by atoms with Gasteiger partial charge in [0.2, 0.25) is 0 Å². The Morgan fingerprint density at radius 1 is 1.16 bits per heavy atom. The molecule has 5 N–H and O–H groups in total. The van der Waals surface area contributed by atoms with Crippen LogP contribution in [0, 0.1) is 0 Å². The number of sulfonamides is 1. The summed E-state index contributed by atoms with van der Waals surface area (Å²) in [6.07, 6.45) is 3.84. The second kappa shape index (κ2) is 9.93. The lowest BCUT2D eigenvalue weighted by atomic mass is 10.0. The number of nitrogens with one attached hydrogen (secondary N) is 4. The van der Waals surface area contributed by atoms with Crippen LogP contribution in [0.25, 0.3) is 10.9 Å². The molecule has 5 rings (SSSR count). The number of hydrogen-bond acceptors (Lipinski definition) is 9. The number of hydrogen-bond donors (Lipinski definition) is 5. The first-order valence-corrected chi connectivity index (χ1v) is 14.0. The van der Waals surface area contributed by atoms with E-state index in [1.165, 1.54) is 18.3 Å². The number of rotatable bonds is 9. The third kappa shape index (κ3) is 4.59. The number of nitrogens with zero attached hydrogens (tertiary/aromatic N) is 1. The predicted octanol–water partition coefficient (Wildman–Crippen LogP) is 3.82. The van der Waals surface area contributed by atoms with Crippen molar-refractivity contribution in [3.05, 3.63) is 62.0 Å². The molecule has 2 heterocycles. The Balaban J connectivity index is 1.44. The number of fused-ring (bicyclic) bond motifs is 1. The Labute approximate surface area is 222 Å². The van der Waals surface area contributed by atoms with Gasteiger partial charge >= 0.3 is 0 Å². The van der Waals surface area contributed by atoms with Crippen LogP contribution in [0.5, 0.6) is 5.75 Å². The zero-order chi connectivity index (χ0) is 27.2. The molecule has 0 amide bonds. The van der Waals surface area contributed by atoms with Crippen LogP contribution in [0.1, 0.15) is 33.1 Å². The van der Waals surface area contributed by atoms with Crippen LogP contribution < -0.4 is 26.2 Å². The third-order valence-electron chi connectivity index (χ3n) is 6.73. The van der Waals surface area contributed by atoms with E-state index >= 15 is 0 Å². The molecule has 0 aliphatic carbocycles. The highest BCUT2D eigenvalue weighted by Crippen LogP contribution is 2.40. The number of ether oxygens (including phenoxy) is 1. The molecule has 11 nitrogen and oxygen atoms in total. The maximum absolute atomic E-state index is 13.3. The standard InChI is InChI=1S/C25H26ClN5O6S/c1-3-15(19-10-7-12(2)37-19)28-20-21(24(34)23(20)33)29-18-9-8-14(26)25(22(18)32)38(35,36)31-17-6-4-5-16-13(17)11-27-30-16/h4-6,8-9,11-12,15,19,28-29,31-32H,3,7,10H2,1-2H3,(H,27,30)/t12-,15-,19-/m1/s1. The molecule has 1 fully saturated rings. The fourth-order valence-electron chi connectivity index (χ4n) is 4.71. The molecule has 200 valence electrons. The lowest BCUT2D eigenvalue weighted by Crippen LogP contribution is -2.42. The number of phenols is 1. The van der Waals surface area contributed by atoms with Crippen LogP contribution in [0.4, 0.5) is 22.7 Å². The number of aromatic amines is 1. The topological polar surface area (TPSA) is 163 Å². The van der Waals surface area contributed by atoms with Crippen molar-refractivity contribution in [1.82, 2.24) is 10.2 Å². The molecular formula is C25H26ClN5O6S. The molecule has 0 radical (unpaired) electrons. The van der Waals surface area contributed by atoms with Gasteiger partial charge in [0.25, 0.3) is 20.9 Å². The molecule has 13 heteroatoms.